The van der Waals surface area contributed by atoms with Crippen LogP contribution in [-0.4, -0.2) is 20.6 Å². The second-order valence-corrected chi connectivity index (χ2v) is 4.02. The van der Waals surface area contributed by atoms with E-state index in [1.54, 1.807) is 24.4 Å². The Bertz CT molecular complexity index is 582. The Morgan fingerprint density at radius 1 is 1.44 bits per heavy atom. The van der Waals surface area contributed by atoms with Gasteiger partial charge in [-0.25, -0.2) is 9.78 Å². The first-order valence-corrected chi connectivity index (χ1v) is 5.58. The number of imidazole rings is 1. The molecule has 4 nitrogen and oxygen atoms in total. The van der Waals surface area contributed by atoms with Gasteiger partial charge in [0.15, 0.2) is 0 Å². The van der Waals surface area contributed by atoms with Crippen molar-refractivity contribution in [3.05, 3.63) is 59.7 Å². The zero-order chi connectivity index (χ0) is 13.1. The zero-order valence-electron chi connectivity index (χ0n) is 10.1. The van der Waals surface area contributed by atoms with E-state index in [-0.39, 0.29) is 0 Å². The number of nitrogens with zero attached hydrogens (tertiary/aromatic N) is 2. The lowest BCUT2D eigenvalue weighted by atomic mass is 10.1. The first-order valence-electron chi connectivity index (χ1n) is 5.58. The molecule has 1 aromatic heterocycles. The Morgan fingerprint density at radius 2 is 2.11 bits per heavy atom. The summed E-state index contributed by atoms with van der Waals surface area (Å²) in [6, 6.07) is 6.85. The van der Waals surface area contributed by atoms with Gasteiger partial charge in [-0.15, -0.1) is 0 Å². The van der Waals surface area contributed by atoms with Crippen LogP contribution in [0.25, 0.3) is 6.08 Å². The third-order valence-electron chi connectivity index (χ3n) is 2.84. The Kier molecular flexibility index (Phi) is 3.28. The molecule has 0 amide bonds. The SMILES string of the molecule is C=Cc1cnc(C)n1Cc1ccc(C(=O)O)cc1. The van der Waals surface area contributed by atoms with Gasteiger partial charge in [0.2, 0.25) is 0 Å². The van der Waals surface area contributed by atoms with E-state index in [0.29, 0.717) is 12.1 Å². The predicted molar refractivity (Wildman–Crippen MR) is 69.6 cm³/mol. The number of hydrogen-bond acceptors (Lipinski definition) is 2. The van der Waals surface area contributed by atoms with Crippen LogP contribution < -0.4 is 0 Å². The molecule has 4 heteroatoms. The van der Waals surface area contributed by atoms with Crippen LogP contribution in [0.5, 0.6) is 0 Å². The second kappa shape index (κ2) is 4.87. The van der Waals surface area contributed by atoms with Crippen molar-refractivity contribution in [3.8, 4) is 0 Å². The quantitative estimate of drug-likeness (QED) is 0.896. The molecule has 2 rings (SSSR count). The number of carboxylic acid groups (broad SMARTS) is 1. The second-order valence-electron chi connectivity index (χ2n) is 4.02. The lowest BCUT2D eigenvalue weighted by molar-refractivity contribution is 0.0697. The third kappa shape index (κ3) is 2.32. The van der Waals surface area contributed by atoms with E-state index in [4.69, 9.17) is 5.11 Å². The van der Waals surface area contributed by atoms with E-state index >= 15 is 0 Å². The molecule has 0 unspecified atom stereocenters. The van der Waals surface area contributed by atoms with E-state index in [2.05, 4.69) is 11.6 Å². The monoisotopic (exact) mass is 242 g/mol. The maximum Gasteiger partial charge on any atom is 0.335 e. The summed E-state index contributed by atoms with van der Waals surface area (Å²) in [5.74, 6) is -0.000599. The van der Waals surface area contributed by atoms with Crippen LogP contribution in [0.3, 0.4) is 0 Å². The molecule has 0 saturated carbocycles. The van der Waals surface area contributed by atoms with Crippen LogP contribution in [0.15, 0.2) is 37.0 Å². The average molecular weight is 242 g/mol. The number of rotatable bonds is 4. The van der Waals surface area contributed by atoms with Crippen molar-refractivity contribution in [2.75, 3.05) is 0 Å². The van der Waals surface area contributed by atoms with Gasteiger partial charge in [0.1, 0.15) is 5.82 Å². The Hall–Kier alpha value is -2.36. The van der Waals surface area contributed by atoms with E-state index in [9.17, 15) is 4.79 Å². The highest BCUT2D eigenvalue weighted by Gasteiger charge is 2.06. The molecule has 0 spiro atoms. The van der Waals surface area contributed by atoms with Crippen molar-refractivity contribution >= 4 is 12.0 Å². The van der Waals surface area contributed by atoms with Crippen LogP contribution in [0.4, 0.5) is 0 Å². The minimum Gasteiger partial charge on any atom is -0.478 e. The molecular weight excluding hydrogens is 228 g/mol. The molecule has 92 valence electrons. The number of aromatic carboxylic acids is 1. The van der Waals surface area contributed by atoms with Crippen LogP contribution in [0.2, 0.25) is 0 Å². The average Bonchev–Trinajstić information content (AvgIpc) is 2.71. The first-order chi connectivity index (χ1) is 8.61. The van der Waals surface area contributed by atoms with Gasteiger partial charge in [0.25, 0.3) is 0 Å². The highest BCUT2D eigenvalue weighted by Crippen LogP contribution is 2.11. The number of carbonyl (C=O) groups is 1. The first kappa shape index (κ1) is 12.1. The molecule has 0 fully saturated rings. The Morgan fingerprint density at radius 3 is 2.67 bits per heavy atom. The van der Waals surface area contributed by atoms with Gasteiger partial charge < -0.3 is 9.67 Å². The molecule has 1 N–H and O–H groups in total. The lowest BCUT2D eigenvalue weighted by Gasteiger charge is -2.08. The number of carboxylic acids is 1. The highest BCUT2D eigenvalue weighted by atomic mass is 16.4. The molecule has 0 bridgehead atoms. The third-order valence-corrected chi connectivity index (χ3v) is 2.84. The number of hydrogen-bond donors (Lipinski definition) is 1. The summed E-state index contributed by atoms with van der Waals surface area (Å²) in [5, 5.41) is 8.83. The van der Waals surface area contributed by atoms with E-state index in [0.717, 1.165) is 17.1 Å². The molecule has 18 heavy (non-hydrogen) atoms. The van der Waals surface area contributed by atoms with E-state index in [1.807, 2.05) is 23.6 Å². The molecule has 0 atom stereocenters. The molecule has 1 aromatic carbocycles. The fourth-order valence-electron chi connectivity index (χ4n) is 1.79. The van der Waals surface area contributed by atoms with Crippen LogP contribution in [0.1, 0.15) is 27.4 Å². The van der Waals surface area contributed by atoms with Crippen LogP contribution in [-0.2, 0) is 6.54 Å². The van der Waals surface area contributed by atoms with Gasteiger partial charge in [-0.2, -0.15) is 0 Å². The molecule has 1 heterocycles. The van der Waals surface area contributed by atoms with E-state index < -0.39 is 5.97 Å². The van der Waals surface area contributed by atoms with Gasteiger partial charge in [0, 0.05) is 6.54 Å². The van der Waals surface area contributed by atoms with Gasteiger partial charge in [0.05, 0.1) is 17.5 Å². The van der Waals surface area contributed by atoms with Gasteiger partial charge in [-0.05, 0) is 30.7 Å². The molecule has 0 radical (unpaired) electrons. The van der Waals surface area contributed by atoms with Crippen molar-refractivity contribution < 1.29 is 9.90 Å². The van der Waals surface area contributed by atoms with Crippen molar-refractivity contribution in [1.82, 2.24) is 9.55 Å². The predicted octanol–water partition coefficient (Wildman–Crippen LogP) is 2.58. The summed E-state index contributed by atoms with van der Waals surface area (Å²) in [7, 11) is 0. The maximum atomic E-state index is 10.8. The smallest absolute Gasteiger partial charge is 0.335 e. The number of benzene rings is 1. The van der Waals surface area contributed by atoms with Crippen LogP contribution in [0, 0.1) is 6.92 Å². The lowest BCUT2D eigenvalue weighted by Crippen LogP contribution is -2.04. The minimum atomic E-state index is -0.910. The zero-order valence-corrected chi connectivity index (χ0v) is 10.1. The number of aryl methyl sites for hydroxylation is 1. The van der Waals surface area contributed by atoms with Crippen molar-refractivity contribution in [1.29, 1.82) is 0 Å². The molecule has 0 saturated heterocycles. The molecule has 0 aliphatic rings. The fourth-order valence-corrected chi connectivity index (χ4v) is 1.79. The van der Waals surface area contributed by atoms with Gasteiger partial charge >= 0.3 is 5.97 Å². The molecule has 0 aliphatic heterocycles. The normalized spacial score (nSPS) is 10.3. The summed E-state index contributed by atoms with van der Waals surface area (Å²) in [4.78, 5) is 15.0. The summed E-state index contributed by atoms with van der Waals surface area (Å²) in [6.45, 7) is 6.33. The highest BCUT2D eigenvalue weighted by molar-refractivity contribution is 5.87. The molecular formula is C14H14N2O2. The van der Waals surface area contributed by atoms with Gasteiger partial charge in [-0.1, -0.05) is 18.7 Å². The molecule has 0 aliphatic carbocycles. The molecule has 2 aromatic rings. The van der Waals surface area contributed by atoms with Crippen LogP contribution >= 0.6 is 0 Å². The number of aromatic nitrogens is 2. The maximum absolute atomic E-state index is 10.8. The Balaban J connectivity index is 2.26. The minimum absolute atomic E-state index is 0.296. The van der Waals surface area contributed by atoms with Crippen molar-refractivity contribution in [3.63, 3.8) is 0 Å². The Labute approximate surface area is 105 Å². The standard InChI is InChI=1S/C14H14N2O2/c1-3-13-8-15-10(2)16(13)9-11-4-6-12(7-5-11)14(17)18/h3-8H,1,9H2,2H3,(H,17,18). The summed E-state index contributed by atoms with van der Waals surface area (Å²) in [5.41, 5.74) is 2.28. The topological polar surface area (TPSA) is 55.1 Å². The summed E-state index contributed by atoms with van der Waals surface area (Å²) in [6.07, 6.45) is 3.53. The van der Waals surface area contributed by atoms with Crippen molar-refractivity contribution in [2.24, 2.45) is 0 Å². The summed E-state index contributed by atoms with van der Waals surface area (Å²) < 4.78 is 2.03. The van der Waals surface area contributed by atoms with Gasteiger partial charge in [-0.3, -0.25) is 0 Å². The largest absolute Gasteiger partial charge is 0.478 e. The summed E-state index contributed by atoms with van der Waals surface area (Å²) >= 11 is 0. The van der Waals surface area contributed by atoms with Crippen molar-refractivity contribution in [2.45, 2.75) is 13.5 Å². The van der Waals surface area contributed by atoms with E-state index in [1.165, 1.54) is 0 Å². The fraction of sp³-hybridized carbons (Fsp3) is 0.143.